The van der Waals surface area contributed by atoms with Gasteiger partial charge in [0, 0.05) is 12.2 Å². The Balaban J connectivity index is 1.40. The van der Waals surface area contributed by atoms with Gasteiger partial charge in [0.2, 0.25) is 5.91 Å². The summed E-state index contributed by atoms with van der Waals surface area (Å²) in [5, 5.41) is 2.79. The molecule has 0 spiro atoms. The molecule has 5 nitrogen and oxygen atoms in total. The monoisotopic (exact) mass is 315 g/mol. The van der Waals surface area contributed by atoms with Crippen molar-refractivity contribution >= 4 is 5.91 Å². The van der Waals surface area contributed by atoms with Crippen molar-refractivity contribution in [2.75, 3.05) is 19.8 Å². The first-order valence-electron chi connectivity index (χ1n) is 7.91. The third kappa shape index (κ3) is 4.68. The van der Waals surface area contributed by atoms with Gasteiger partial charge >= 0.3 is 0 Å². The highest BCUT2D eigenvalue weighted by Gasteiger charge is 2.16. The predicted molar refractivity (Wildman–Crippen MR) is 85.8 cm³/mol. The molecule has 0 unspecified atom stereocenters. The molecule has 2 heterocycles. The first kappa shape index (κ1) is 15.8. The summed E-state index contributed by atoms with van der Waals surface area (Å²) in [6.45, 7) is 1.68. The highest BCUT2D eigenvalue weighted by atomic mass is 16.5. The number of hydrogen-bond donors (Lipinski definition) is 1. The molecular weight excluding hydrogens is 294 g/mol. The summed E-state index contributed by atoms with van der Waals surface area (Å²) in [4.78, 5) is 11.7. The zero-order valence-corrected chi connectivity index (χ0v) is 13.0. The molecule has 3 rings (SSSR count). The largest absolute Gasteiger partial charge is 0.459 e. The molecule has 5 heteroatoms. The van der Waals surface area contributed by atoms with Crippen LogP contribution in [0.3, 0.4) is 0 Å². The van der Waals surface area contributed by atoms with Crippen LogP contribution in [-0.2, 0) is 20.8 Å². The van der Waals surface area contributed by atoms with E-state index in [-0.39, 0.29) is 18.6 Å². The van der Waals surface area contributed by atoms with Crippen LogP contribution in [-0.4, -0.2) is 31.8 Å². The van der Waals surface area contributed by atoms with Crippen LogP contribution in [0.15, 0.2) is 46.9 Å². The topological polar surface area (TPSA) is 60.7 Å². The van der Waals surface area contributed by atoms with Gasteiger partial charge in [-0.1, -0.05) is 30.3 Å². The maximum Gasteiger partial charge on any atom is 0.246 e. The zero-order valence-electron chi connectivity index (χ0n) is 13.0. The molecule has 2 aromatic rings. The van der Waals surface area contributed by atoms with Gasteiger partial charge < -0.3 is 19.2 Å². The summed E-state index contributed by atoms with van der Waals surface area (Å²) in [6.07, 6.45) is 2.22. The summed E-state index contributed by atoms with van der Waals surface area (Å²) in [5.41, 5.74) is 1.02. The van der Waals surface area contributed by atoms with E-state index in [1.54, 1.807) is 0 Å². The summed E-state index contributed by atoms with van der Waals surface area (Å²) < 4.78 is 16.5. The van der Waals surface area contributed by atoms with Crippen LogP contribution >= 0.6 is 0 Å². The van der Waals surface area contributed by atoms with Crippen LogP contribution in [0.2, 0.25) is 0 Å². The molecule has 0 bridgehead atoms. The van der Waals surface area contributed by atoms with E-state index < -0.39 is 0 Å². The average Bonchev–Trinajstić information content (AvgIpc) is 3.25. The van der Waals surface area contributed by atoms with Gasteiger partial charge in [-0.2, -0.15) is 0 Å². The van der Waals surface area contributed by atoms with Crippen molar-refractivity contribution in [2.24, 2.45) is 0 Å². The van der Waals surface area contributed by atoms with Gasteiger partial charge in [-0.3, -0.25) is 4.79 Å². The van der Waals surface area contributed by atoms with Crippen molar-refractivity contribution in [2.45, 2.75) is 25.5 Å². The molecule has 0 radical (unpaired) electrons. The van der Waals surface area contributed by atoms with Gasteiger partial charge in [0.25, 0.3) is 0 Å². The minimum atomic E-state index is -0.152. The number of benzene rings is 1. The van der Waals surface area contributed by atoms with Crippen LogP contribution in [0.4, 0.5) is 0 Å². The van der Waals surface area contributed by atoms with E-state index in [2.05, 4.69) is 5.32 Å². The second-order valence-corrected chi connectivity index (χ2v) is 5.56. The number of rotatable bonds is 7. The average molecular weight is 315 g/mol. The standard InChI is InChI=1S/C18H21NO4/c20-18(13-21-12-16-7-4-10-22-16)19-11-15-8-9-17(23-15)14-5-2-1-3-6-14/h1-3,5-6,8-9,16H,4,7,10-13H2,(H,19,20)/t16-/m1/s1. The van der Waals surface area contributed by atoms with Crippen LogP contribution in [0.5, 0.6) is 0 Å². The first-order chi connectivity index (χ1) is 11.3. The Labute approximate surface area is 135 Å². The second-order valence-electron chi connectivity index (χ2n) is 5.56. The lowest BCUT2D eigenvalue weighted by Crippen LogP contribution is -2.28. The van der Waals surface area contributed by atoms with Crippen molar-refractivity contribution < 1.29 is 18.7 Å². The molecule has 1 amide bonds. The quantitative estimate of drug-likeness (QED) is 0.853. The van der Waals surface area contributed by atoms with Crippen LogP contribution in [0.1, 0.15) is 18.6 Å². The molecule has 1 aliphatic rings. The van der Waals surface area contributed by atoms with Gasteiger partial charge in [-0.05, 0) is 25.0 Å². The second kappa shape index (κ2) is 7.94. The van der Waals surface area contributed by atoms with E-state index in [1.807, 2.05) is 42.5 Å². The number of amides is 1. The van der Waals surface area contributed by atoms with Gasteiger partial charge in [0.05, 0.1) is 19.3 Å². The molecule has 1 aromatic carbocycles. The lowest BCUT2D eigenvalue weighted by molar-refractivity contribution is -0.127. The van der Waals surface area contributed by atoms with Crippen molar-refractivity contribution in [1.29, 1.82) is 0 Å². The minimum Gasteiger partial charge on any atom is -0.459 e. The van der Waals surface area contributed by atoms with Gasteiger partial charge in [-0.15, -0.1) is 0 Å². The number of carbonyl (C=O) groups is 1. The van der Waals surface area contributed by atoms with Crippen molar-refractivity contribution in [1.82, 2.24) is 5.32 Å². The molecule has 1 aliphatic heterocycles. The van der Waals surface area contributed by atoms with Gasteiger partial charge in [0.1, 0.15) is 18.1 Å². The van der Waals surface area contributed by atoms with E-state index in [9.17, 15) is 4.79 Å². The highest BCUT2D eigenvalue weighted by Crippen LogP contribution is 2.21. The molecule has 23 heavy (non-hydrogen) atoms. The van der Waals surface area contributed by atoms with E-state index in [0.717, 1.165) is 36.5 Å². The summed E-state index contributed by atoms with van der Waals surface area (Å²) in [5.74, 6) is 1.36. The Kier molecular flexibility index (Phi) is 5.45. The molecule has 0 saturated carbocycles. The Hall–Kier alpha value is -2.11. The van der Waals surface area contributed by atoms with E-state index >= 15 is 0 Å². The molecule has 0 aliphatic carbocycles. The fourth-order valence-corrected chi connectivity index (χ4v) is 2.53. The molecule has 1 saturated heterocycles. The van der Waals surface area contributed by atoms with Gasteiger partial charge in [0.15, 0.2) is 0 Å². The molecule has 1 aromatic heterocycles. The fraction of sp³-hybridized carbons (Fsp3) is 0.389. The van der Waals surface area contributed by atoms with Crippen molar-refractivity contribution in [3.63, 3.8) is 0 Å². The number of furan rings is 1. The Morgan fingerprint density at radius 3 is 2.87 bits per heavy atom. The Bertz CT molecular complexity index is 617. The normalized spacial score (nSPS) is 17.3. The van der Waals surface area contributed by atoms with Gasteiger partial charge in [-0.25, -0.2) is 0 Å². The van der Waals surface area contributed by atoms with Crippen LogP contribution in [0, 0.1) is 0 Å². The molecule has 1 atom stereocenters. The van der Waals surface area contributed by atoms with Crippen molar-refractivity contribution in [3.8, 4) is 11.3 Å². The third-order valence-electron chi connectivity index (χ3n) is 3.74. The molecule has 1 N–H and O–H groups in total. The SMILES string of the molecule is O=C(COC[C@H]1CCCO1)NCc1ccc(-c2ccccc2)o1. The predicted octanol–water partition coefficient (Wildman–Crippen LogP) is 2.76. The number of carbonyl (C=O) groups excluding carboxylic acids is 1. The summed E-state index contributed by atoms with van der Waals surface area (Å²) >= 11 is 0. The van der Waals surface area contributed by atoms with Crippen LogP contribution in [0.25, 0.3) is 11.3 Å². The molecule has 1 fully saturated rings. The number of hydrogen-bond acceptors (Lipinski definition) is 4. The fourth-order valence-electron chi connectivity index (χ4n) is 2.53. The highest BCUT2D eigenvalue weighted by molar-refractivity contribution is 5.77. The zero-order chi connectivity index (χ0) is 15.9. The third-order valence-corrected chi connectivity index (χ3v) is 3.74. The van der Waals surface area contributed by atoms with E-state index in [1.165, 1.54) is 0 Å². The smallest absolute Gasteiger partial charge is 0.246 e. The van der Waals surface area contributed by atoms with Crippen LogP contribution < -0.4 is 5.32 Å². The van der Waals surface area contributed by atoms with E-state index in [0.29, 0.717) is 13.2 Å². The molecule has 122 valence electrons. The molecular formula is C18H21NO4. The lowest BCUT2D eigenvalue weighted by atomic mass is 10.2. The summed E-state index contributed by atoms with van der Waals surface area (Å²) in [6, 6.07) is 13.6. The summed E-state index contributed by atoms with van der Waals surface area (Å²) in [7, 11) is 0. The number of ether oxygens (including phenoxy) is 2. The Morgan fingerprint density at radius 2 is 2.09 bits per heavy atom. The van der Waals surface area contributed by atoms with Crippen molar-refractivity contribution in [3.05, 3.63) is 48.2 Å². The minimum absolute atomic E-state index is 0.0477. The maximum absolute atomic E-state index is 11.7. The number of nitrogens with one attached hydrogen (secondary N) is 1. The van der Waals surface area contributed by atoms with E-state index in [4.69, 9.17) is 13.9 Å². The lowest BCUT2D eigenvalue weighted by Gasteiger charge is -2.09. The Morgan fingerprint density at radius 1 is 1.22 bits per heavy atom. The maximum atomic E-state index is 11.7. The first-order valence-corrected chi connectivity index (χ1v) is 7.91.